The molecule has 1 N–H and O–H groups in total. The number of amides is 3. The van der Waals surface area contributed by atoms with Crippen LogP contribution in [0.4, 0.5) is 5.69 Å². The van der Waals surface area contributed by atoms with Crippen LogP contribution in [0.2, 0.25) is 0 Å². The molecule has 0 aliphatic carbocycles. The summed E-state index contributed by atoms with van der Waals surface area (Å²) >= 11 is 0. The van der Waals surface area contributed by atoms with E-state index >= 15 is 0 Å². The zero-order chi connectivity index (χ0) is 21.9. The van der Waals surface area contributed by atoms with Crippen LogP contribution in [0, 0.1) is 11.8 Å². The maximum atomic E-state index is 13.7. The van der Waals surface area contributed by atoms with Gasteiger partial charge in [0.25, 0.3) is 5.91 Å². The molecule has 3 aromatic rings. The minimum atomic E-state index is -1.46. The summed E-state index contributed by atoms with van der Waals surface area (Å²) in [5.41, 5.74) is -0.814. The lowest BCUT2D eigenvalue weighted by molar-refractivity contribution is -0.142. The minimum absolute atomic E-state index is 0.205. The third-order valence-electron chi connectivity index (χ3n) is 6.80. The second-order valence-electron chi connectivity index (χ2n) is 8.51. The standard InChI is InChI=1S/C26H20N2O4/c29-22-20-21(23(30)28(22)19-14-8-3-9-15-19)26(18-12-6-2-7-13-18)27-24(31)25(20,32-26)16-17-10-4-1-5-11-17/h1-15,20-21H,16H2,(H,27,31)/t20-,21+,25-,26+/m1/s1. The monoisotopic (exact) mass is 424 g/mol. The van der Waals surface area contributed by atoms with Crippen LogP contribution in [0.5, 0.6) is 0 Å². The predicted octanol–water partition coefficient (Wildman–Crippen LogP) is 2.79. The molecule has 3 fully saturated rings. The third kappa shape index (κ3) is 2.35. The van der Waals surface area contributed by atoms with Crippen LogP contribution in [0.1, 0.15) is 11.1 Å². The lowest BCUT2D eigenvalue weighted by atomic mass is 9.71. The molecule has 0 spiro atoms. The Hall–Kier alpha value is -3.77. The molecule has 4 atom stereocenters. The van der Waals surface area contributed by atoms with Crippen molar-refractivity contribution in [2.45, 2.75) is 17.7 Å². The number of fused-ring (bicyclic) bond motifs is 5. The van der Waals surface area contributed by atoms with Crippen molar-refractivity contribution in [2.24, 2.45) is 11.8 Å². The molecule has 6 heteroatoms. The average molecular weight is 424 g/mol. The summed E-state index contributed by atoms with van der Waals surface area (Å²) in [6.45, 7) is 0. The number of anilines is 1. The second kappa shape index (κ2) is 6.61. The summed E-state index contributed by atoms with van der Waals surface area (Å²) in [7, 11) is 0. The summed E-state index contributed by atoms with van der Waals surface area (Å²) in [6.07, 6.45) is 0.205. The number of carbonyl (C=O) groups excluding carboxylic acids is 3. The van der Waals surface area contributed by atoms with E-state index in [-0.39, 0.29) is 18.2 Å². The summed E-state index contributed by atoms with van der Waals surface area (Å²) in [5.74, 6) is -2.87. The highest BCUT2D eigenvalue weighted by molar-refractivity contribution is 6.25. The molecule has 3 aliphatic heterocycles. The Labute approximate surface area is 184 Å². The molecule has 0 aromatic heterocycles. The van der Waals surface area contributed by atoms with Crippen LogP contribution in [-0.4, -0.2) is 23.3 Å². The lowest BCUT2D eigenvalue weighted by Crippen LogP contribution is -2.57. The number of piperidine rings is 1. The highest BCUT2D eigenvalue weighted by Crippen LogP contribution is 2.60. The van der Waals surface area contributed by atoms with Crippen molar-refractivity contribution in [3.63, 3.8) is 0 Å². The van der Waals surface area contributed by atoms with Gasteiger partial charge in [-0.3, -0.25) is 14.4 Å². The third-order valence-corrected chi connectivity index (χ3v) is 6.80. The largest absolute Gasteiger partial charge is 0.333 e. The number of carbonyl (C=O) groups is 3. The Morgan fingerprint density at radius 1 is 0.750 bits per heavy atom. The van der Waals surface area contributed by atoms with E-state index in [1.165, 1.54) is 4.90 Å². The Balaban J connectivity index is 1.54. The molecule has 0 saturated carbocycles. The second-order valence-corrected chi connectivity index (χ2v) is 8.51. The Morgan fingerprint density at radius 3 is 1.97 bits per heavy atom. The Kier molecular flexibility index (Phi) is 3.92. The number of hydrogen-bond acceptors (Lipinski definition) is 4. The van der Waals surface area contributed by atoms with E-state index in [0.29, 0.717) is 11.3 Å². The quantitative estimate of drug-likeness (QED) is 0.654. The van der Waals surface area contributed by atoms with Crippen LogP contribution in [0.25, 0.3) is 0 Å². The zero-order valence-corrected chi connectivity index (χ0v) is 17.1. The van der Waals surface area contributed by atoms with Gasteiger partial charge in [-0.05, 0) is 17.7 Å². The van der Waals surface area contributed by atoms with Crippen molar-refractivity contribution >= 4 is 23.4 Å². The molecule has 0 radical (unpaired) electrons. The first-order chi connectivity index (χ1) is 15.6. The Morgan fingerprint density at radius 2 is 1.31 bits per heavy atom. The molecule has 3 aliphatic rings. The highest BCUT2D eigenvalue weighted by atomic mass is 16.6. The fraction of sp³-hybridized carbons (Fsp3) is 0.192. The fourth-order valence-electron chi connectivity index (χ4n) is 5.48. The summed E-state index contributed by atoms with van der Waals surface area (Å²) < 4.78 is 6.51. The number of imide groups is 1. The number of ether oxygens (including phenoxy) is 1. The van der Waals surface area contributed by atoms with Gasteiger partial charge in [-0.2, -0.15) is 0 Å². The van der Waals surface area contributed by atoms with E-state index in [1.807, 2.05) is 66.7 Å². The van der Waals surface area contributed by atoms with Crippen molar-refractivity contribution in [3.05, 3.63) is 102 Å². The molecule has 3 aromatic carbocycles. The zero-order valence-electron chi connectivity index (χ0n) is 17.1. The molecule has 3 saturated heterocycles. The first kappa shape index (κ1) is 19.0. The van der Waals surface area contributed by atoms with Crippen molar-refractivity contribution in [3.8, 4) is 0 Å². The molecule has 3 heterocycles. The minimum Gasteiger partial charge on any atom is -0.333 e. The van der Waals surface area contributed by atoms with Crippen LogP contribution in [0.3, 0.4) is 0 Å². The SMILES string of the molecule is O=C1[C@@H]2[C@H](C(=O)N1c1ccccc1)[C@@]1(Cc3ccccc3)O[C@]2(c2ccccc2)NC1=O. The lowest BCUT2D eigenvalue weighted by Gasteiger charge is -2.32. The van der Waals surface area contributed by atoms with Crippen molar-refractivity contribution in [1.29, 1.82) is 0 Å². The van der Waals surface area contributed by atoms with Crippen LogP contribution >= 0.6 is 0 Å². The van der Waals surface area contributed by atoms with Crippen molar-refractivity contribution in [1.82, 2.24) is 5.32 Å². The number of nitrogens with zero attached hydrogens (tertiary/aromatic N) is 1. The average Bonchev–Trinajstić information content (AvgIpc) is 3.39. The van der Waals surface area contributed by atoms with Gasteiger partial charge < -0.3 is 10.1 Å². The van der Waals surface area contributed by atoms with Gasteiger partial charge in [0.2, 0.25) is 11.8 Å². The number of nitrogens with one attached hydrogen (secondary N) is 1. The normalized spacial score (nSPS) is 30.5. The molecule has 158 valence electrons. The molecule has 32 heavy (non-hydrogen) atoms. The molecule has 6 rings (SSSR count). The summed E-state index contributed by atoms with van der Waals surface area (Å²) in [4.78, 5) is 42.2. The van der Waals surface area contributed by atoms with Gasteiger partial charge in [0.05, 0.1) is 11.6 Å². The molecule has 3 amide bonds. The topological polar surface area (TPSA) is 75.7 Å². The molecule has 6 nitrogen and oxygen atoms in total. The first-order valence-electron chi connectivity index (χ1n) is 10.6. The van der Waals surface area contributed by atoms with Gasteiger partial charge in [-0.1, -0.05) is 78.9 Å². The molecule has 0 unspecified atom stereocenters. The van der Waals surface area contributed by atoms with Gasteiger partial charge >= 0.3 is 0 Å². The molecule has 2 bridgehead atoms. The summed E-state index contributed by atoms with van der Waals surface area (Å²) in [6, 6.07) is 27.5. The van der Waals surface area contributed by atoms with Gasteiger partial charge in [-0.15, -0.1) is 0 Å². The predicted molar refractivity (Wildman–Crippen MR) is 116 cm³/mol. The maximum absolute atomic E-state index is 13.7. The number of hydrogen-bond donors (Lipinski definition) is 1. The molecular formula is C26H20N2O4. The highest BCUT2D eigenvalue weighted by Gasteiger charge is 2.80. The summed E-state index contributed by atoms with van der Waals surface area (Å²) in [5, 5.41) is 2.98. The van der Waals surface area contributed by atoms with Crippen LogP contribution in [0.15, 0.2) is 91.0 Å². The van der Waals surface area contributed by atoms with E-state index in [4.69, 9.17) is 4.74 Å². The Bertz CT molecular complexity index is 1230. The van der Waals surface area contributed by atoms with E-state index in [1.54, 1.807) is 24.3 Å². The van der Waals surface area contributed by atoms with Crippen molar-refractivity contribution < 1.29 is 19.1 Å². The van der Waals surface area contributed by atoms with Gasteiger partial charge in [-0.25, -0.2) is 4.90 Å². The van der Waals surface area contributed by atoms with Gasteiger partial charge in [0, 0.05) is 12.0 Å². The van der Waals surface area contributed by atoms with E-state index in [9.17, 15) is 14.4 Å². The number of benzene rings is 3. The van der Waals surface area contributed by atoms with E-state index < -0.39 is 29.1 Å². The van der Waals surface area contributed by atoms with E-state index in [2.05, 4.69) is 5.32 Å². The maximum Gasteiger partial charge on any atom is 0.256 e. The van der Waals surface area contributed by atoms with Crippen LogP contribution < -0.4 is 10.2 Å². The van der Waals surface area contributed by atoms with Crippen LogP contribution in [-0.2, 0) is 31.3 Å². The first-order valence-corrected chi connectivity index (χ1v) is 10.6. The van der Waals surface area contributed by atoms with Crippen molar-refractivity contribution in [2.75, 3.05) is 4.90 Å². The van der Waals surface area contributed by atoms with Gasteiger partial charge in [0.1, 0.15) is 5.92 Å². The van der Waals surface area contributed by atoms with Gasteiger partial charge in [0.15, 0.2) is 11.3 Å². The number of rotatable bonds is 4. The number of para-hydroxylation sites is 1. The fourth-order valence-corrected chi connectivity index (χ4v) is 5.48. The smallest absolute Gasteiger partial charge is 0.256 e. The van der Waals surface area contributed by atoms with E-state index in [0.717, 1.165) is 5.56 Å². The molecular weight excluding hydrogens is 404 g/mol.